The largest absolute Gasteiger partial charge is 0.492 e. The molecule has 6 nitrogen and oxygen atoms in total. The number of piperidine rings is 1. The standard InChI is InChI=1S/C22H26ClFN2O4S/c1-3-30-20-11-10-18(23)13-21(20)31(28,29)26-12-6-8-17(15-26)22(27)25(2)14-16-7-4-5-9-19(16)24/h4-5,7,9-11,13,17H,3,6,8,12,14-15H2,1-2H3/t17-/m1/s1. The lowest BCUT2D eigenvalue weighted by molar-refractivity contribution is -0.135. The quantitative estimate of drug-likeness (QED) is 0.617. The van der Waals surface area contributed by atoms with Crippen molar-refractivity contribution >= 4 is 27.5 Å². The summed E-state index contributed by atoms with van der Waals surface area (Å²) in [5.74, 6) is -0.856. The molecule has 1 atom stereocenters. The topological polar surface area (TPSA) is 66.9 Å². The van der Waals surface area contributed by atoms with Gasteiger partial charge in [0.15, 0.2) is 0 Å². The number of sulfonamides is 1. The van der Waals surface area contributed by atoms with Gasteiger partial charge >= 0.3 is 0 Å². The predicted molar refractivity (Wildman–Crippen MR) is 117 cm³/mol. The number of carbonyl (C=O) groups excluding carboxylic acids is 1. The van der Waals surface area contributed by atoms with Crippen LogP contribution in [0.4, 0.5) is 4.39 Å². The first-order valence-electron chi connectivity index (χ1n) is 10.1. The van der Waals surface area contributed by atoms with Gasteiger partial charge in [-0.05, 0) is 44.0 Å². The van der Waals surface area contributed by atoms with E-state index in [0.717, 1.165) is 0 Å². The van der Waals surface area contributed by atoms with E-state index in [4.69, 9.17) is 16.3 Å². The zero-order valence-electron chi connectivity index (χ0n) is 17.6. The van der Waals surface area contributed by atoms with Crippen LogP contribution in [0.25, 0.3) is 0 Å². The molecule has 168 valence electrons. The van der Waals surface area contributed by atoms with Gasteiger partial charge in [0, 0.05) is 37.3 Å². The number of rotatable bonds is 7. The fourth-order valence-corrected chi connectivity index (χ4v) is 5.65. The van der Waals surface area contributed by atoms with Crippen LogP contribution < -0.4 is 4.74 Å². The maximum atomic E-state index is 13.9. The third-order valence-electron chi connectivity index (χ3n) is 5.30. The Balaban J connectivity index is 1.77. The van der Waals surface area contributed by atoms with Gasteiger partial charge in [-0.1, -0.05) is 29.8 Å². The molecule has 1 amide bonds. The molecule has 1 fully saturated rings. The van der Waals surface area contributed by atoms with E-state index in [0.29, 0.717) is 31.6 Å². The van der Waals surface area contributed by atoms with Gasteiger partial charge in [-0.25, -0.2) is 12.8 Å². The van der Waals surface area contributed by atoms with Crippen LogP contribution in [0.5, 0.6) is 5.75 Å². The van der Waals surface area contributed by atoms with Gasteiger partial charge in [0.25, 0.3) is 0 Å². The average Bonchev–Trinajstić information content (AvgIpc) is 2.76. The summed E-state index contributed by atoms with van der Waals surface area (Å²) >= 11 is 6.04. The van der Waals surface area contributed by atoms with Crippen molar-refractivity contribution < 1.29 is 22.3 Å². The lowest BCUT2D eigenvalue weighted by atomic mass is 9.98. The first-order valence-corrected chi connectivity index (χ1v) is 12.0. The van der Waals surface area contributed by atoms with Gasteiger partial charge in [-0.15, -0.1) is 0 Å². The van der Waals surface area contributed by atoms with E-state index in [9.17, 15) is 17.6 Å². The first kappa shape index (κ1) is 23.5. The van der Waals surface area contributed by atoms with Crippen molar-refractivity contribution in [2.24, 2.45) is 5.92 Å². The van der Waals surface area contributed by atoms with E-state index < -0.39 is 15.9 Å². The second-order valence-corrected chi connectivity index (χ2v) is 9.85. The molecule has 1 aliphatic heterocycles. The Morgan fingerprint density at radius 1 is 1.29 bits per heavy atom. The highest BCUT2D eigenvalue weighted by molar-refractivity contribution is 7.89. The van der Waals surface area contributed by atoms with E-state index in [-0.39, 0.29) is 40.5 Å². The molecular weight excluding hydrogens is 443 g/mol. The zero-order chi connectivity index (χ0) is 22.6. The van der Waals surface area contributed by atoms with Crippen LogP contribution in [0.2, 0.25) is 5.02 Å². The Kier molecular flexibility index (Phi) is 7.56. The number of hydrogen-bond acceptors (Lipinski definition) is 4. The summed E-state index contributed by atoms with van der Waals surface area (Å²) in [6, 6.07) is 10.8. The second-order valence-electron chi connectivity index (χ2n) is 7.51. The van der Waals surface area contributed by atoms with Crippen LogP contribution in [-0.2, 0) is 21.4 Å². The van der Waals surface area contributed by atoms with Crippen molar-refractivity contribution in [3.8, 4) is 5.75 Å². The molecule has 1 aliphatic rings. The molecule has 0 unspecified atom stereocenters. The monoisotopic (exact) mass is 468 g/mol. The van der Waals surface area contributed by atoms with Crippen LogP contribution in [-0.4, -0.2) is 50.3 Å². The molecular formula is C22H26ClFN2O4S. The third-order valence-corrected chi connectivity index (χ3v) is 7.42. The molecule has 9 heteroatoms. The van der Waals surface area contributed by atoms with Gasteiger partial charge in [-0.3, -0.25) is 4.79 Å². The van der Waals surface area contributed by atoms with Crippen LogP contribution in [0.1, 0.15) is 25.3 Å². The fourth-order valence-electron chi connectivity index (χ4n) is 3.73. The average molecular weight is 469 g/mol. The number of halogens is 2. The molecule has 0 spiro atoms. The minimum atomic E-state index is -3.90. The first-order chi connectivity index (χ1) is 14.7. The van der Waals surface area contributed by atoms with Crippen LogP contribution in [0.3, 0.4) is 0 Å². The molecule has 3 rings (SSSR count). The molecule has 2 aromatic carbocycles. The normalized spacial score (nSPS) is 17.4. The predicted octanol–water partition coefficient (Wildman–Crippen LogP) is 3.94. The van der Waals surface area contributed by atoms with Crippen LogP contribution in [0.15, 0.2) is 47.4 Å². The number of ether oxygens (including phenoxy) is 1. The fraction of sp³-hybridized carbons (Fsp3) is 0.409. The summed E-state index contributed by atoms with van der Waals surface area (Å²) in [6.07, 6.45) is 1.12. The second kappa shape index (κ2) is 9.97. The number of benzene rings is 2. The lowest BCUT2D eigenvalue weighted by Gasteiger charge is -2.33. The SMILES string of the molecule is CCOc1ccc(Cl)cc1S(=O)(=O)N1CCC[C@@H](C(=O)N(C)Cc2ccccc2F)C1. The summed E-state index contributed by atoms with van der Waals surface area (Å²) < 4.78 is 47.4. The molecule has 0 radical (unpaired) electrons. The Bertz CT molecular complexity index is 1050. The van der Waals surface area contributed by atoms with E-state index in [2.05, 4.69) is 0 Å². The van der Waals surface area contributed by atoms with Crippen molar-refractivity contribution in [1.82, 2.24) is 9.21 Å². The highest BCUT2D eigenvalue weighted by Gasteiger charge is 2.36. The molecule has 1 heterocycles. The summed E-state index contributed by atoms with van der Waals surface area (Å²) in [7, 11) is -2.30. The molecule has 1 saturated heterocycles. The molecule has 0 bridgehead atoms. The Hall–Kier alpha value is -2.16. The Labute approximate surface area is 187 Å². The van der Waals surface area contributed by atoms with Gasteiger partial charge in [-0.2, -0.15) is 4.31 Å². The van der Waals surface area contributed by atoms with E-state index in [1.54, 1.807) is 38.2 Å². The van der Waals surface area contributed by atoms with Gasteiger partial charge < -0.3 is 9.64 Å². The van der Waals surface area contributed by atoms with Crippen molar-refractivity contribution in [3.05, 3.63) is 58.9 Å². The number of carbonyl (C=O) groups is 1. The van der Waals surface area contributed by atoms with E-state index in [1.807, 2.05) is 0 Å². The molecule has 0 saturated carbocycles. The van der Waals surface area contributed by atoms with Gasteiger partial charge in [0.1, 0.15) is 16.5 Å². The summed E-state index contributed by atoms with van der Waals surface area (Å²) in [6.45, 7) is 2.57. The Morgan fingerprint density at radius 2 is 2.03 bits per heavy atom. The van der Waals surface area contributed by atoms with Crippen LogP contribution in [0, 0.1) is 11.7 Å². The molecule has 2 aromatic rings. The van der Waals surface area contributed by atoms with E-state index >= 15 is 0 Å². The Morgan fingerprint density at radius 3 is 2.74 bits per heavy atom. The smallest absolute Gasteiger partial charge is 0.246 e. The van der Waals surface area contributed by atoms with Crippen molar-refractivity contribution in [2.45, 2.75) is 31.2 Å². The van der Waals surface area contributed by atoms with Crippen molar-refractivity contribution in [2.75, 3.05) is 26.7 Å². The van der Waals surface area contributed by atoms with Crippen molar-refractivity contribution in [1.29, 1.82) is 0 Å². The van der Waals surface area contributed by atoms with E-state index in [1.165, 1.54) is 27.4 Å². The molecule has 31 heavy (non-hydrogen) atoms. The number of amides is 1. The molecule has 0 N–H and O–H groups in total. The third kappa shape index (κ3) is 5.37. The minimum Gasteiger partial charge on any atom is -0.492 e. The highest BCUT2D eigenvalue weighted by Crippen LogP contribution is 2.32. The number of hydrogen-bond donors (Lipinski definition) is 0. The number of nitrogens with zero attached hydrogens (tertiary/aromatic N) is 2. The maximum absolute atomic E-state index is 13.9. The zero-order valence-corrected chi connectivity index (χ0v) is 19.1. The summed E-state index contributed by atoms with van der Waals surface area (Å²) in [5, 5.41) is 0.288. The summed E-state index contributed by atoms with van der Waals surface area (Å²) in [5.41, 5.74) is 0.416. The molecule has 0 aliphatic carbocycles. The van der Waals surface area contributed by atoms with Gasteiger partial charge in [0.05, 0.1) is 12.5 Å². The minimum absolute atomic E-state index is 0.00494. The maximum Gasteiger partial charge on any atom is 0.246 e. The summed E-state index contributed by atoms with van der Waals surface area (Å²) in [4.78, 5) is 14.4. The molecule has 0 aromatic heterocycles. The lowest BCUT2D eigenvalue weighted by Crippen LogP contribution is -2.45. The van der Waals surface area contributed by atoms with Crippen LogP contribution >= 0.6 is 11.6 Å². The van der Waals surface area contributed by atoms with Gasteiger partial charge in [0.2, 0.25) is 15.9 Å². The highest BCUT2D eigenvalue weighted by atomic mass is 35.5. The van der Waals surface area contributed by atoms with Crippen molar-refractivity contribution in [3.63, 3.8) is 0 Å².